The normalized spacial score (nSPS) is 10.6. The molecule has 29 heavy (non-hydrogen) atoms. The molecule has 9 heteroatoms. The molecule has 0 atom stereocenters. The molecule has 0 radical (unpaired) electrons. The first-order valence-corrected chi connectivity index (χ1v) is 9.49. The number of benzene rings is 2. The summed E-state index contributed by atoms with van der Waals surface area (Å²) in [7, 11) is 0. The minimum Gasteiger partial charge on any atom is -0.492 e. The molecule has 3 aromatic rings. The van der Waals surface area contributed by atoms with Crippen molar-refractivity contribution in [1.82, 2.24) is 15.8 Å². The zero-order chi connectivity index (χ0) is 20.8. The van der Waals surface area contributed by atoms with E-state index in [1.807, 2.05) is 0 Å². The number of amides is 2. The van der Waals surface area contributed by atoms with Crippen LogP contribution in [0.3, 0.4) is 0 Å². The lowest BCUT2D eigenvalue weighted by molar-refractivity contribution is -0.122. The van der Waals surface area contributed by atoms with Crippen molar-refractivity contribution in [2.24, 2.45) is 0 Å². The van der Waals surface area contributed by atoms with Crippen LogP contribution in [0, 0.1) is 0 Å². The monoisotopic (exact) mass is 433 g/mol. The number of para-hydroxylation sites is 1. The van der Waals surface area contributed by atoms with E-state index in [-0.39, 0.29) is 18.6 Å². The number of ether oxygens (including phenoxy) is 1. The number of nitrogens with one attached hydrogen (secondary N) is 3. The smallest absolute Gasteiger partial charge is 0.275 e. The minimum absolute atomic E-state index is 0.0929. The first-order valence-electron chi connectivity index (χ1n) is 8.73. The van der Waals surface area contributed by atoms with Crippen molar-refractivity contribution in [3.8, 4) is 5.75 Å². The van der Waals surface area contributed by atoms with Gasteiger partial charge in [0.05, 0.1) is 11.6 Å². The van der Waals surface area contributed by atoms with Gasteiger partial charge in [0.25, 0.3) is 11.5 Å². The number of hydrogen-bond donors (Lipinski definition) is 3. The van der Waals surface area contributed by atoms with Gasteiger partial charge in [-0.3, -0.25) is 25.2 Å². The summed E-state index contributed by atoms with van der Waals surface area (Å²) >= 11 is 11.8. The molecule has 2 aromatic carbocycles. The van der Waals surface area contributed by atoms with Gasteiger partial charge in [-0.25, -0.2) is 0 Å². The van der Waals surface area contributed by atoms with Crippen LogP contribution >= 0.6 is 23.2 Å². The lowest BCUT2D eigenvalue weighted by Gasteiger charge is -2.09. The van der Waals surface area contributed by atoms with Crippen LogP contribution in [0.2, 0.25) is 10.0 Å². The number of H-pyrrole nitrogens is 1. The summed E-state index contributed by atoms with van der Waals surface area (Å²) in [5.74, 6) is -0.642. The van der Waals surface area contributed by atoms with Crippen molar-refractivity contribution >= 4 is 45.9 Å². The van der Waals surface area contributed by atoms with Crippen LogP contribution in [0.15, 0.2) is 53.3 Å². The fourth-order valence-electron chi connectivity index (χ4n) is 2.58. The second-order valence-corrected chi connectivity index (χ2v) is 6.97. The number of hydrazine groups is 1. The second kappa shape index (κ2) is 9.45. The zero-order valence-electron chi connectivity index (χ0n) is 15.1. The highest BCUT2D eigenvalue weighted by atomic mass is 35.5. The molecule has 0 aliphatic heterocycles. The van der Waals surface area contributed by atoms with E-state index < -0.39 is 17.4 Å². The van der Waals surface area contributed by atoms with Gasteiger partial charge in [-0.05, 0) is 42.1 Å². The van der Waals surface area contributed by atoms with Crippen molar-refractivity contribution in [3.63, 3.8) is 0 Å². The molecule has 1 heterocycles. The van der Waals surface area contributed by atoms with Gasteiger partial charge in [0, 0.05) is 17.0 Å². The predicted molar refractivity (Wildman–Crippen MR) is 111 cm³/mol. The molecule has 1 aromatic heterocycles. The molecule has 0 unspecified atom stereocenters. The van der Waals surface area contributed by atoms with E-state index >= 15 is 0 Å². The highest BCUT2D eigenvalue weighted by Gasteiger charge is 2.13. The summed E-state index contributed by atoms with van der Waals surface area (Å²) in [6.07, 6.45) is 0.511. The number of halogens is 2. The summed E-state index contributed by atoms with van der Waals surface area (Å²) in [5, 5.41) is 1.60. The van der Waals surface area contributed by atoms with Gasteiger partial charge in [0.15, 0.2) is 0 Å². The van der Waals surface area contributed by atoms with Gasteiger partial charge in [-0.2, -0.15) is 0 Å². The number of carbonyl (C=O) groups excluding carboxylic acids is 2. The van der Waals surface area contributed by atoms with E-state index in [9.17, 15) is 14.4 Å². The number of fused-ring (bicyclic) bond motifs is 1. The van der Waals surface area contributed by atoms with Gasteiger partial charge in [-0.15, -0.1) is 0 Å². The molecule has 0 fully saturated rings. The highest BCUT2D eigenvalue weighted by Crippen LogP contribution is 2.27. The fraction of sp³-hybridized carbons (Fsp3) is 0.150. The predicted octanol–water partition coefficient (Wildman–Crippen LogP) is 3.46. The molecule has 2 amide bonds. The molecule has 0 saturated carbocycles. The van der Waals surface area contributed by atoms with Gasteiger partial charge in [0.1, 0.15) is 11.3 Å². The quantitative estimate of drug-likeness (QED) is 0.409. The van der Waals surface area contributed by atoms with E-state index in [2.05, 4.69) is 15.8 Å². The summed E-state index contributed by atoms with van der Waals surface area (Å²) in [4.78, 5) is 38.8. The zero-order valence-corrected chi connectivity index (χ0v) is 16.6. The average Bonchev–Trinajstić information content (AvgIpc) is 2.70. The summed E-state index contributed by atoms with van der Waals surface area (Å²) in [5.41, 5.74) is 4.52. The molecule has 150 valence electrons. The number of pyridine rings is 1. The third-order valence-electron chi connectivity index (χ3n) is 4.01. The molecule has 0 aliphatic rings. The number of aromatic amines is 1. The van der Waals surface area contributed by atoms with Gasteiger partial charge in [0.2, 0.25) is 5.91 Å². The number of aromatic nitrogens is 1. The lowest BCUT2D eigenvalue weighted by atomic mass is 10.1. The molecule has 0 bridgehead atoms. The van der Waals surface area contributed by atoms with Crippen LogP contribution in [0.5, 0.6) is 5.75 Å². The molecule has 7 nitrogen and oxygen atoms in total. The third-order valence-corrected chi connectivity index (χ3v) is 4.54. The molecule has 3 rings (SSSR count). The van der Waals surface area contributed by atoms with E-state index in [0.717, 1.165) is 0 Å². The number of rotatable bonds is 6. The van der Waals surface area contributed by atoms with Crippen molar-refractivity contribution < 1.29 is 14.3 Å². The Kier molecular flexibility index (Phi) is 6.74. The van der Waals surface area contributed by atoms with Crippen molar-refractivity contribution in [2.75, 3.05) is 6.61 Å². The van der Waals surface area contributed by atoms with E-state index in [1.165, 1.54) is 6.07 Å². The third kappa shape index (κ3) is 5.49. The Balaban J connectivity index is 1.46. The van der Waals surface area contributed by atoms with Crippen LogP contribution in [0.1, 0.15) is 23.2 Å². The Hall–Kier alpha value is -3.03. The molecule has 0 spiro atoms. The Morgan fingerprint density at radius 3 is 2.62 bits per heavy atom. The summed E-state index contributed by atoms with van der Waals surface area (Å²) < 4.78 is 5.49. The van der Waals surface area contributed by atoms with Crippen LogP contribution in [-0.4, -0.2) is 23.4 Å². The summed E-state index contributed by atoms with van der Waals surface area (Å²) in [6.45, 7) is 0.257. The van der Waals surface area contributed by atoms with Gasteiger partial charge < -0.3 is 9.72 Å². The maximum atomic E-state index is 12.2. The molecule has 0 saturated heterocycles. The SMILES string of the molecule is O=C(CCCOc1ccc(Cl)cc1Cl)NNC(=O)c1cc2ccccc2[nH]c1=O. The standard InChI is InChI=1S/C20H17Cl2N3O4/c21-13-7-8-17(15(22)11-13)29-9-3-6-18(26)24-25-20(28)14-10-12-4-1-2-5-16(12)23-19(14)27/h1-2,4-5,7-8,10-11H,3,6,9H2,(H,23,27)(H,24,26)(H,25,28). The minimum atomic E-state index is -0.699. The Bertz CT molecular complexity index is 1110. The van der Waals surface area contributed by atoms with Crippen LogP contribution in [-0.2, 0) is 4.79 Å². The van der Waals surface area contributed by atoms with Crippen LogP contribution in [0.25, 0.3) is 10.9 Å². The molecule has 3 N–H and O–H groups in total. The van der Waals surface area contributed by atoms with Gasteiger partial charge in [-0.1, -0.05) is 41.4 Å². The second-order valence-electron chi connectivity index (χ2n) is 6.13. The Morgan fingerprint density at radius 2 is 1.83 bits per heavy atom. The van der Waals surface area contributed by atoms with Crippen LogP contribution in [0.4, 0.5) is 0 Å². The highest BCUT2D eigenvalue weighted by molar-refractivity contribution is 6.35. The number of hydrogen-bond acceptors (Lipinski definition) is 4. The maximum Gasteiger partial charge on any atom is 0.275 e. The Morgan fingerprint density at radius 1 is 1.03 bits per heavy atom. The Labute approximate surface area is 175 Å². The van der Waals surface area contributed by atoms with Gasteiger partial charge >= 0.3 is 0 Å². The molecule has 0 aliphatic carbocycles. The van der Waals surface area contributed by atoms with Crippen LogP contribution < -0.4 is 21.1 Å². The van der Waals surface area contributed by atoms with E-state index in [0.29, 0.717) is 33.1 Å². The lowest BCUT2D eigenvalue weighted by Crippen LogP contribution is -2.43. The first-order chi connectivity index (χ1) is 13.9. The number of carbonyl (C=O) groups is 2. The summed E-state index contributed by atoms with van der Waals surface area (Å²) in [6, 6.07) is 13.4. The average molecular weight is 434 g/mol. The topological polar surface area (TPSA) is 100 Å². The maximum absolute atomic E-state index is 12.2. The molecular formula is C20H17Cl2N3O4. The van der Waals surface area contributed by atoms with Crippen molar-refractivity contribution in [1.29, 1.82) is 0 Å². The largest absolute Gasteiger partial charge is 0.492 e. The van der Waals surface area contributed by atoms with E-state index in [1.54, 1.807) is 42.5 Å². The fourth-order valence-corrected chi connectivity index (χ4v) is 3.04. The van der Waals surface area contributed by atoms with Crippen molar-refractivity contribution in [2.45, 2.75) is 12.8 Å². The molecular weight excluding hydrogens is 417 g/mol. The van der Waals surface area contributed by atoms with Crippen molar-refractivity contribution in [3.05, 3.63) is 74.5 Å². The van der Waals surface area contributed by atoms with E-state index in [4.69, 9.17) is 27.9 Å². The first kappa shape index (κ1) is 20.7.